The lowest BCUT2D eigenvalue weighted by Crippen LogP contribution is -2.19. The van der Waals surface area contributed by atoms with Crippen molar-refractivity contribution in [2.24, 2.45) is 0 Å². The van der Waals surface area contributed by atoms with E-state index < -0.39 is 0 Å². The second kappa shape index (κ2) is 6.46. The highest BCUT2D eigenvalue weighted by Crippen LogP contribution is 2.26. The summed E-state index contributed by atoms with van der Waals surface area (Å²) in [7, 11) is 1.84. The standard InChI is InChI=1S/C16H16BrF2N/c1-10-8-11(6-7-13(10)18)15(20-2)9-12-4-3-5-14(19)16(12)17/h3-8,15,20H,9H2,1-2H3. The minimum Gasteiger partial charge on any atom is -0.313 e. The first-order chi connectivity index (χ1) is 9.52. The monoisotopic (exact) mass is 339 g/mol. The Balaban J connectivity index is 2.28. The molecule has 4 heteroatoms. The number of benzene rings is 2. The third-order valence-corrected chi connectivity index (χ3v) is 4.28. The number of hydrogen-bond acceptors (Lipinski definition) is 1. The first-order valence-corrected chi connectivity index (χ1v) is 7.18. The molecule has 1 N–H and O–H groups in total. The Kier molecular flexibility index (Phi) is 4.89. The Morgan fingerprint density at radius 3 is 2.55 bits per heavy atom. The zero-order chi connectivity index (χ0) is 14.7. The minimum atomic E-state index is -0.271. The van der Waals surface area contributed by atoms with Crippen molar-refractivity contribution in [3.8, 4) is 0 Å². The van der Waals surface area contributed by atoms with Crippen LogP contribution in [0.15, 0.2) is 40.9 Å². The number of rotatable bonds is 4. The van der Waals surface area contributed by atoms with E-state index in [1.54, 1.807) is 19.1 Å². The van der Waals surface area contributed by atoms with Crippen molar-refractivity contribution in [1.29, 1.82) is 0 Å². The van der Waals surface area contributed by atoms with E-state index in [1.165, 1.54) is 12.1 Å². The van der Waals surface area contributed by atoms with Crippen molar-refractivity contribution in [3.05, 3.63) is 69.2 Å². The normalized spacial score (nSPS) is 12.4. The number of hydrogen-bond donors (Lipinski definition) is 1. The fourth-order valence-corrected chi connectivity index (χ4v) is 2.62. The van der Waals surface area contributed by atoms with Crippen LogP contribution >= 0.6 is 15.9 Å². The molecule has 0 amide bonds. The molecule has 1 unspecified atom stereocenters. The minimum absolute atomic E-state index is 0.00685. The maximum absolute atomic E-state index is 13.5. The molecule has 0 bridgehead atoms. The maximum Gasteiger partial charge on any atom is 0.137 e. The molecule has 0 aliphatic carbocycles. The molecule has 0 heterocycles. The number of halogens is 3. The number of aryl methyl sites for hydroxylation is 1. The predicted molar refractivity (Wildman–Crippen MR) is 80.7 cm³/mol. The summed E-state index contributed by atoms with van der Waals surface area (Å²) in [6.45, 7) is 1.74. The number of likely N-dealkylation sites (N-methyl/N-ethyl adjacent to an activating group) is 1. The van der Waals surface area contributed by atoms with Gasteiger partial charge in [-0.05, 0) is 65.1 Å². The highest BCUT2D eigenvalue weighted by molar-refractivity contribution is 9.10. The van der Waals surface area contributed by atoms with Crippen LogP contribution in [0.5, 0.6) is 0 Å². The average Bonchev–Trinajstić information content (AvgIpc) is 2.44. The van der Waals surface area contributed by atoms with Crippen LogP contribution in [0.25, 0.3) is 0 Å². The molecule has 1 nitrogen and oxygen atoms in total. The fourth-order valence-electron chi connectivity index (χ4n) is 2.20. The highest BCUT2D eigenvalue weighted by atomic mass is 79.9. The molecule has 0 aliphatic rings. The van der Waals surface area contributed by atoms with Crippen LogP contribution in [0.4, 0.5) is 8.78 Å². The summed E-state index contributed by atoms with van der Waals surface area (Å²) in [6.07, 6.45) is 0.625. The van der Waals surface area contributed by atoms with Gasteiger partial charge in [-0.25, -0.2) is 8.78 Å². The Labute approximate surface area is 126 Å². The van der Waals surface area contributed by atoms with E-state index in [1.807, 2.05) is 19.2 Å². The Morgan fingerprint density at radius 1 is 1.15 bits per heavy atom. The molecule has 0 radical (unpaired) electrons. The van der Waals surface area contributed by atoms with Crippen molar-refractivity contribution >= 4 is 15.9 Å². The van der Waals surface area contributed by atoms with Gasteiger partial charge in [0, 0.05) is 6.04 Å². The molecule has 0 saturated carbocycles. The molecule has 1 atom stereocenters. The van der Waals surface area contributed by atoms with Gasteiger partial charge in [-0.15, -0.1) is 0 Å². The summed E-state index contributed by atoms with van der Waals surface area (Å²) >= 11 is 3.27. The number of nitrogens with one attached hydrogen (secondary N) is 1. The third kappa shape index (κ3) is 3.25. The molecule has 2 aromatic carbocycles. The average molecular weight is 340 g/mol. The molecular weight excluding hydrogens is 324 g/mol. The van der Waals surface area contributed by atoms with Gasteiger partial charge < -0.3 is 5.32 Å². The quantitative estimate of drug-likeness (QED) is 0.862. The molecule has 106 valence electrons. The molecular formula is C16H16BrF2N. The lowest BCUT2D eigenvalue weighted by atomic mass is 9.97. The summed E-state index contributed by atoms with van der Waals surface area (Å²) < 4.78 is 27.4. The largest absolute Gasteiger partial charge is 0.313 e. The van der Waals surface area contributed by atoms with Crippen molar-refractivity contribution in [2.75, 3.05) is 7.05 Å². The van der Waals surface area contributed by atoms with Crippen molar-refractivity contribution < 1.29 is 8.78 Å². The van der Waals surface area contributed by atoms with E-state index in [9.17, 15) is 8.78 Å². The third-order valence-electron chi connectivity index (χ3n) is 3.39. The maximum atomic E-state index is 13.5. The molecule has 0 spiro atoms. The second-order valence-corrected chi connectivity index (χ2v) is 5.56. The zero-order valence-corrected chi connectivity index (χ0v) is 13.0. The summed E-state index contributed by atoms with van der Waals surface area (Å²) in [5.41, 5.74) is 2.48. The SMILES string of the molecule is CNC(Cc1cccc(F)c1Br)c1ccc(F)c(C)c1. The van der Waals surface area contributed by atoms with Gasteiger partial charge in [0.1, 0.15) is 11.6 Å². The predicted octanol–water partition coefficient (Wildman–Crippen LogP) is 4.54. The fraction of sp³-hybridized carbons (Fsp3) is 0.250. The Bertz CT molecular complexity index is 613. The van der Waals surface area contributed by atoms with Crippen molar-refractivity contribution in [1.82, 2.24) is 5.32 Å². The first-order valence-electron chi connectivity index (χ1n) is 6.39. The van der Waals surface area contributed by atoms with E-state index in [2.05, 4.69) is 21.2 Å². The highest BCUT2D eigenvalue weighted by Gasteiger charge is 2.14. The molecule has 2 aromatic rings. The zero-order valence-electron chi connectivity index (χ0n) is 11.4. The van der Waals surface area contributed by atoms with Crippen LogP contribution < -0.4 is 5.32 Å². The van der Waals surface area contributed by atoms with E-state index in [-0.39, 0.29) is 17.7 Å². The topological polar surface area (TPSA) is 12.0 Å². The van der Waals surface area contributed by atoms with Gasteiger partial charge in [-0.3, -0.25) is 0 Å². The molecule has 20 heavy (non-hydrogen) atoms. The van der Waals surface area contributed by atoms with E-state index >= 15 is 0 Å². The van der Waals surface area contributed by atoms with Crippen LogP contribution in [-0.4, -0.2) is 7.05 Å². The van der Waals surface area contributed by atoms with Crippen LogP contribution in [-0.2, 0) is 6.42 Å². The Morgan fingerprint density at radius 2 is 1.90 bits per heavy atom. The van der Waals surface area contributed by atoms with E-state index in [4.69, 9.17) is 0 Å². The van der Waals surface area contributed by atoms with Crippen molar-refractivity contribution in [2.45, 2.75) is 19.4 Å². The lowest BCUT2D eigenvalue weighted by molar-refractivity contribution is 0.574. The van der Waals surface area contributed by atoms with Crippen LogP contribution in [0, 0.1) is 18.6 Å². The van der Waals surface area contributed by atoms with E-state index in [0.29, 0.717) is 16.5 Å². The van der Waals surface area contributed by atoms with Gasteiger partial charge in [0.2, 0.25) is 0 Å². The second-order valence-electron chi connectivity index (χ2n) is 4.77. The van der Waals surface area contributed by atoms with Crippen LogP contribution in [0.3, 0.4) is 0 Å². The lowest BCUT2D eigenvalue weighted by Gasteiger charge is -2.18. The smallest absolute Gasteiger partial charge is 0.137 e. The molecule has 0 aromatic heterocycles. The molecule has 0 saturated heterocycles. The van der Waals surface area contributed by atoms with Gasteiger partial charge in [0.05, 0.1) is 4.47 Å². The molecule has 0 fully saturated rings. The molecule has 0 aliphatic heterocycles. The summed E-state index contributed by atoms with van der Waals surface area (Å²) in [5.74, 6) is -0.483. The van der Waals surface area contributed by atoms with Gasteiger partial charge in [0.15, 0.2) is 0 Å². The van der Waals surface area contributed by atoms with Gasteiger partial charge >= 0.3 is 0 Å². The summed E-state index contributed by atoms with van der Waals surface area (Å²) in [5, 5.41) is 3.19. The summed E-state index contributed by atoms with van der Waals surface area (Å²) in [6, 6.07) is 10.1. The van der Waals surface area contributed by atoms with Gasteiger partial charge in [-0.1, -0.05) is 24.3 Å². The van der Waals surface area contributed by atoms with E-state index in [0.717, 1.165) is 11.1 Å². The Hall–Kier alpha value is -1.26. The van der Waals surface area contributed by atoms with Gasteiger partial charge in [-0.2, -0.15) is 0 Å². The van der Waals surface area contributed by atoms with Gasteiger partial charge in [0.25, 0.3) is 0 Å². The molecule has 2 rings (SSSR count). The summed E-state index contributed by atoms with van der Waals surface area (Å²) in [4.78, 5) is 0. The first kappa shape index (κ1) is 15.1. The van der Waals surface area contributed by atoms with Crippen LogP contribution in [0.1, 0.15) is 22.7 Å². The van der Waals surface area contributed by atoms with Crippen LogP contribution in [0.2, 0.25) is 0 Å². The van der Waals surface area contributed by atoms with Crippen molar-refractivity contribution in [3.63, 3.8) is 0 Å².